The Bertz CT molecular complexity index is 854. The van der Waals surface area contributed by atoms with Gasteiger partial charge in [0.05, 0.1) is 5.02 Å². The average molecular weight is 332 g/mol. The van der Waals surface area contributed by atoms with Crippen molar-refractivity contribution in [1.29, 1.82) is 0 Å². The molecule has 1 atom stereocenters. The summed E-state index contributed by atoms with van der Waals surface area (Å²) in [6, 6.07) is 7.95. The van der Waals surface area contributed by atoms with E-state index in [0.717, 1.165) is 35.3 Å². The van der Waals surface area contributed by atoms with Gasteiger partial charge in [-0.2, -0.15) is 0 Å². The third-order valence-electron chi connectivity index (χ3n) is 4.01. The Morgan fingerprint density at radius 3 is 3.14 bits per heavy atom. The summed E-state index contributed by atoms with van der Waals surface area (Å²) < 4.78 is 3.14. The number of carbonyl (C=O) groups is 1. The average Bonchev–Trinajstić information content (AvgIpc) is 3.12. The van der Waals surface area contributed by atoms with Crippen LogP contribution in [0.3, 0.4) is 0 Å². The summed E-state index contributed by atoms with van der Waals surface area (Å²) in [6.45, 7) is 0.767. The second kappa shape index (κ2) is 5.41. The van der Waals surface area contributed by atoms with Gasteiger partial charge in [-0.05, 0) is 12.5 Å². The van der Waals surface area contributed by atoms with E-state index in [4.69, 9.17) is 11.6 Å². The number of nitrogens with zero attached hydrogens (tertiary/aromatic N) is 2. The molecule has 0 saturated carbocycles. The molecular weight excluding hydrogens is 318 g/mol. The number of benzene rings is 1. The van der Waals surface area contributed by atoms with Crippen molar-refractivity contribution in [2.75, 3.05) is 0 Å². The lowest BCUT2D eigenvalue weighted by Gasteiger charge is -2.24. The Morgan fingerprint density at radius 1 is 1.41 bits per heavy atom. The first kappa shape index (κ1) is 13.8. The number of nitrogens with one attached hydrogen (secondary N) is 1. The molecule has 3 aromatic rings. The van der Waals surface area contributed by atoms with E-state index in [1.54, 1.807) is 0 Å². The van der Waals surface area contributed by atoms with Crippen LogP contribution in [0.25, 0.3) is 10.1 Å². The van der Waals surface area contributed by atoms with E-state index < -0.39 is 0 Å². The van der Waals surface area contributed by atoms with E-state index in [2.05, 4.69) is 14.9 Å². The molecule has 0 radical (unpaired) electrons. The van der Waals surface area contributed by atoms with Crippen LogP contribution in [0.15, 0.2) is 36.7 Å². The smallest absolute Gasteiger partial charge is 0.263 e. The van der Waals surface area contributed by atoms with Crippen molar-refractivity contribution in [3.8, 4) is 0 Å². The van der Waals surface area contributed by atoms with Gasteiger partial charge in [-0.25, -0.2) is 4.98 Å². The Labute approximate surface area is 136 Å². The van der Waals surface area contributed by atoms with Crippen LogP contribution >= 0.6 is 22.9 Å². The highest BCUT2D eigenvalue weighted by atomic mass is 35.5. The molecule has 4 nitrogen and oxygen atoms in total. The maximum absolute atomic E-state index is 12.5. The number of amides is 1. The Balaban J connectivity index is 1.56. The number of aryl methyl sites for hydroxylation is 1. The van der Waals surface area contributed by atoms with Crippen LogP contribution in [0.1, 0.15) is 21.9 Å². The van der Waals surface area contributed by atoms with Crippen LogP contribution in [0.4, 0.5) is 0 Å². The molecule has 1 aromatic carbocycles. The normalized spacial score (nSPS) is 17.4. The van der Waals surface area contributed by atoms with Crippen molar-refractivity contribution in [2.45, 2.75) is 25.4 Å². The summed E-state index contributed by atoms with van der Waals surface area (Å²) in [7, 11) is 0. The van der Waals surface area contributed by atoms with Gasteiger partial charge in [0.15, 0.2) is 0 Å². The lowest BCUT2D eigenvalue weighted by molar-refractivity contribution is 0.0932. The van der Waals surface area contributed by atoms with E-state index in [9.17, 15) is 4.79 Å². The van der Waals surface area contributed by atoms with Gasteiger partial charge in [0.25, 0.3) is 5.91 Å². The van der Waals surface area contributed by atoms with Gasteiger partial charge in [-0.3, -0.25) is 4.79 Å². The van der Waals surface area contributed by atoms with E-state index in [1.165, 1.54) is 11.3 Å². The van der Waals surface area contributed by atoms with E-state index in [-0.39, 0.29) is 11.9 Å². The zero-order valence-electron chi connectivity index (χ0n) is 11.8. The molecule has 0 bridgehead atoms. The molecule has 22 heavy (non-hydrogen) atoms. The Hall–Kier alpha value is -1.85. The highest BCUT2D eigenvalue weighted by molar-refractivity contribution is 7.21. The lowest BCUT2D eigenvalue weighted by atomic mass is 10.1. The molecule has 112 valence electrons. The molecule has 1 aliphatic rings. The lowest BCUT2D eigenvalue weighted by Crippen LogP contribution is -2.40. The van der Waals surface area contributed by atoms with E-state index >= 15 is 0 Å². The van der Waals surface area contributed by atoms with Gasteiger partial charge in [0, 0.05) is 41.5 Å². The molecule has 4 rings (SSSR count). The zero-order valence-corrected chi connectivity index (χ0v) is 13.3. The molecule has 0 spiro atoms. The van der Waals surface area contributed by atoms with E-state index in [0.29, 0.717) is 9.90 Å². The third-order valence-corrected chi connectivity index (χ3v) is 5.69. The molecular formula is C16H14ClN3OS. The molecule has 1 N–H and O–H groups in total. The second-order valence-electron chi connectivity index (χ2n) is 5.45. The Kier molecular flexibility index (Phi) is 3.39. The Morgan fingerprint density at radius 2 is 2.27 bits per heavy atom. The molecule has 2 aromatic heterocycles. The first-order valence-electron chi connectivity index (χ1n) is 7.20. The summed E-state index contributed by atoms with van der Waals surface area (Å²) in [5.41, 5.74) is 0. The SMILES string of the molecule is O=C(NC1CCc2nccn2C1)c1sc2ccccc2c1Cl. The fourth-order valence-electron chi connectivity index (χ4n) is 2.90. The predicted octanol–water partition coefficient (Wildman–Crippen LogP) is 3.50. The molecule has 0 aliphatic carbocycles. The fourth-order valence-corrected chi connectivity index (χ4v) is 4.32. The van der Waals surface area contributed by atoms with Crippen LogP contribution in [-0.4, -0.2) is 21.5 Å². The van der Waals surface area contributed by atoms with Gasteiger partial charge in [-0.1, -0.05) is 29.8 Å². The number of hydrogen-bond acceptors (Lipinski definition) is 3. The number of fused-ring (bicyclic) bond motifs is 2. The van der Waals surface area contributed by atoms with Gasteiger partial charge >= 0.3 is 0 Å². The summed E-state index contributed by atoms with van der Waals surface area (Å²) in [5.74, 6) is 1.00. The highest BCUT2D eigenvalue weighted by Gasteiger charge is 2.23. The predicted molar refractivity (Wildman–Crippen MR) is 88.6 cm³/mol. The van der Waals surface area contributed by atoms with Crippen LogP contribution in [-0.2, 0) is 13.0 Å². The maximum Gasteiger partial charge on any atom is 0.263 e. The minimum absolute atomic E-state index is 0.0836. The number of halogens is 1. The van der Waals surface area contributed by atoms with Gasteiger partial charge in [0.1, 0.15) is 10.7 Å². The molecule has 3 heterocycles. The number of thiophene rings is 1. The van der Waals surface area contributed by atoms with Crippen LogP contribution in [0.5, 0.6) is 0 Å². The van der Waals surface area contributed by atoms with Crippen molar-refractivity contribution in [3.63, 3.8) is 0 Å². The molecule has 1 amide bonds. The number of rotatable bonds is 2. The number of carbonyl (C=O) groups excluding carboxylic acids is 1. The largest absolute Gasteiger partial charge is 0.347 e. The zero-order chi connectivity index (χ0) is 15.1. The number of hydrogen-bond donors (Lipinski definition) is 1. The first-order chi connectivity index (χ1) is 10.7. The third kappa shape index (κ3) is 2.30. The number of imidazole rings is 1. The molecule has 6 heteroatoms. The molecule has 0 saturated heterocycles. The fraction of sp³-hybridized carbons (Fsp3) is 0.250. The minimum Gasteiger partial charge on any atom is -0.347 e. The van der Waals surface area contributed by atoms with E-state index in [1.807, 2.05) is 36.7 Å². The van der Waals surface area contributed by atoms with Crippen molar-refractivity contribution < 1.29 is 4.79 Å². The summed E-state index contributed by atoms with van der Waals surface area (Å²) in [5, 5.41) is 4.60. The molecule has 1 unspecified atom stereocenters. The maximum atomic E-state index is 12.5. The quantitative estimate of drug-likeness (QED) is 0.781. The first-order valence-corrected chi connectivity index (χ1v) is 8.40. The monoisotopic (exact) mass is 331 g/mol. The van der Waals surface area contributed by atoms with Crippen molar-refractivity contribution in [2.24, 2.45) is 0 Å². The van der Waals surface area contributed by atoms with Crippen molar-refractivity contribution >= 4 is 38.9 Å². The van der Waals surface area contributed by atoms with Gasteiger partial charge in [0.2, 0.25) is 0 Å². The summed E-state index contributed by atoms with van der Waals surface area (Å²) in [4.78, 5) is 17.4. The molecule has 1 aliphatic heterocycles. The summed E-state index contributed by atoms with van der Waals surface area (Å²) >= 11 is 7.81. The van der Waals surface area contributed by atoms with Gasteiger partial charge in [-0.15, -0.1) is 11.3 Å². The minimum atomic E-state index is -0.0836. The van der Waals surface area contributed by atoms with Crippen LogP contribution in [0, 0.1) is 0 Å². The van der Waals surface area contributed by atoms with Gasteiger partial charge < -0.3 is 9.88 Å². The van der Waals surface area contributed by atoms with Crippen molar-refractivity contribution in [3.05, 3.63) is 52.4 Å². The number of aromatic nitrogens is 2. The summed E-state index contributed by atoms with van der Waals surface area (Å²) in [6.07, 6.45) is 5.56. The van der Waals surface area contributed by atoms with Crippen LogP contribution < -0.4 is 5.32 Å². The standard InChI is InChI=1S/C16H14ClN3OS/c17-14-11-3-1-2-4-12(11)22-15(14)16(21)19-10-5-6-13-18-7-8-20(13)9-10/h1-4,7-8,10H,5-6,9H2,(H,19,21). The highest BCUT2D eigenvalue weighted by Crippen LogP contribution is 2.35. The molecule has 0 fully saturated rings. The second-order valence-corrected chi connectivity index (χ2v) is 6.88. The van der Waals surface area contributed by atoms with Crippen molar-refractivity contribution in [1.82, 2.24) is 14.9 Å². The topological polar surface area (TPSA) is 46.9 Å². The van der Waals surface area contributed by atoms with Crippen LogP contribution in [0.2, 0.25) is 5.02 Å².